The van der Waals surface area contributed by atoms with E-state index in [-0.39, 0.29) is 5.92 Å². The van der Waals surface area contributed by atoms with Gasteiger partial charge in [0, 0.05) is 5.92 Å². The average Bonchev–Trinajstić information content (AvgIpc) is 2.35. The third-order valence-electron chi connectivity index (χ3n) is 2.88. The third kappa shape index (κ3) is 4.22. The van der Waals surface area contributed by atoms with Gasteiger partial charge in [0.1, 0.15) is 5.88 Å². The third-order valence-corrected chi connectivity index (χ3v) is 3.09. The van der Waals surface area contributed by atoms with Crippen molar-refractivity contribution in [3.63, 3.8) is 0 Å². The summed E-state index contributed by atoms with van der Waals surface area (Å²) in [5.74, 6) is -3.36. The molecule has 2 nitrogen and oxygen atoms in total. The van der Waals surface area contributed by atoms with E-state index in [0.29, 0.717) is 12.8 Å². The van der Waals surface area contributed by atoms with Gasteiger partial charge < -0.3 is 4.74 Å². The highest BCUT2D eigenvalue weighted by atomic mass is 35.5. The van der Waals surface area contributed by atoms with Gasteiger partial charge in [-0.05, 0) is 12.8 Å². The number of rotatable bonds is 4. The van der Waals surface area contributed by atoms with Gasteiger partial charge in [0.05, 0.1) is 0 Å². The van der Waals surface area contributed by atoms with E-state index in [1.54, 1.807) is 0 Å². The Labute approximate surface area is 103 Å². The maximum Gasteiger partial charge on any atom is 0.321 e. The van der Waals surface area contributed by atoms with Crippen LogP contribution in [0, 0.1) is 5.92 Å². The van der Waals surface area contributed by atoms with Crippen LogP contribution in [0.15, 0.2) is 11.9 Å². The molecule has 1 atom stereocenters. The molecule has 17 heavy (non-hydrogen) atoms. The molecule has 0 unspecified atom stereocenters. The molecule has 0 amide bonds. The molecule has 0 aromatic rings. The predicted molar refractivity (Wildman–Crippen MR) is 57.5 cm³/mol. The lowest BCUT2D eigenvalue weighted by Gasteiger charge is -2.28. The number of carbonyl (C=O) groups excluding carboxylic acids is 1. The van der Waals surface area contributed by atoms with Gasteiger partial charge in [-0.25, -0.2) is 4.39 Å². The van der Waals surface area contributed by atoms with Gasteiger partial charge in [0.2, 0.25) is 5.83 Å². The molecule has 0 aromatic heterocycles. The first kappa shape index (κ1) is 14.4. The van der Waals surface area contributed by atoms with Crippen LogP contribution in [0.1, 0.15) is 32.1 Å². The first-order chi connectivity index (χ1) is 8.06. The highest BCUT2D eigenvalue weighted by Crippen LogP contribution is 2.33. The number of halogens is 4. The van der Waals surface area contributed by atoms with E-state index in [0.717, 1.165) is 19.3 Å². The fourth-order valence-corrected chi connectivity index (χ4v) is 2.14. The molecule has 1 aliphatic carbocycles. The number of alkyl halides is 1. The number of hydrogen-bond donors (Lipinski definition) is 0. The van der Waals surface area contributed by atoms with Crippen molar-refractivity contribution >= 4 is 17.6 Å². The Hall–Kier alpha value is -0.710. The highest BCUT2D eigenvalue weighted by Gasteiger charge is 2.33. The van der Waals surface area contributed by atoms with Gasteiger partial charge in [-0.1, -0.05) is 19.3 Å². The van der Waals surface area contributed by atoms with Gasteiger partial charge in [-0.15, -0.1) is 11.6 Å². The molecular weight excluding hydrogens is 257 g/mol. The number of esters is 1. The standard InChI is InChI=1S/C11H14ClF3O2/c12-6-8(16)17-10(9(13)11(14)15)7-4-2-1-3-5-7/h7,10H,1-6H2/t10-/m1/s1. The molecule has 6 heteroatoms. The zero-order chi connectivity index (χ0) is 12.8. The highest BCUT2D eigenvalue weighted by molar-refractivity contribution is 6.26. The second-order valence-electron chi connectivity index (χ2n) is 4.05. The molecule has 0 radical (unpaired) electrons. The minimum Gasteiger partial charge on any atom is -0.454 e. The largest absolute Gasteiger partial charge is 0.454 e. The lowest BCUT2D eigenvalue weighted by Crippen LogP contribution is -2.30. The maximum absolute atomic E-state index is 13.3. The summed E-state index contributed by atoms with van der Waals surface area (Å²) < 4.78 is 42.5. The molecule has 0 aliphatic heterocycles. The maximum atomic E-state index is 13.3. The summed E-state index contributed by atoms with van der Waals surface area (Å²) >= 11 is 5.22. The molecule has 0 bridgehead atoms. The van der Waals surface area contributed by atoms with E-state index in [9.17, 15) is 18.0 Å². The van der Waals surface area contributed by atoms with Gasteiger partial charge >= 0.3 is 12.0 Å². The molecule has 1 saturated carbocycles. The molecule has 1 aliphatic rings. The Morgan fingerprint density at radius 3 is 2.29 bits per heavy atom. The first-order valence-corrected chi connectivity index (χ1v) is 6.05. The van der Waals surface area contributed by atoms with Gasteiger partial charge in [-0.2, -0.15) is 8.78 Å². The van der Waals surface area contributed by atoms with Crippen molar-refractivity contribution in [1.82, 2.24) is 0 Å². The minimum absolute atomic E-state index is 0.377. The SMILES string of the molecule is O=C(CCl)O[C@@H](C(F)=C(F)F)C1CCCCC1. The van der Waals surface area contributed by atoms with Gasteiger partial charge in [0.25, 0.3) is 0 Å². The molecular formula is C11H14ClF3O2. The summed E-state index contributed by atoms with van der Waals surface area (Å²) in [6, 6.07) is 0. The molecule has 0 aromatic carbocycles. The Bertz CT molecular complexity index is 297. The Morgan fingerprint density at radius 2 is 1.82 bits per heavy atom. The van der Waals surface area contributed by atoms with Crippen molar-refractivity contribution in [2.75, 3.05) is 5.88 Å². The summed E-state index contributed by atoms with van der Waals surface area (Å²) in [5.41, 5.74) is 0. The van der Waals surface area contributed by atoms with Crippen molar-refractivity contribution < 1.29 is 22.7 Å². The van der Waals surface area contributed by atoms with E-state index in [4.69, 9.17) is 11.6 Å². The molecule has 0 saturated heterocycles. The lowest BCUT2D eigenvalue weighted by atomic mass is 9.85. The molecule has 0 spiro atoms. The van der Waals surface area contributed by atoms with Crippen LogP contribution in [0.25, 0.3) is 0 Å². The fraction of sp³-hybridized carbons (Fsp3) is 0.727. The quantitative estimate of drug-likeness (QED) is 0.574. The zero-order valence-corrected chi connectivity index (χ0v) is 9.98. The van der Waals surface area contributed by atoms with Crippen molar-refractivity contribution in [3.05, 3.63) is 11.9 Å². The first-order valence-electron chi connectivity index (χ1n) is 5.52. The van der Waals surface area contributed by atoms with Crippen LogP contribution in [0.2, 0.25) is 0 Å². The smallest absolute Gasteiger partial charge is 0.321 e. The number of hydrogen-bond acceptors (Lipinski definition) is 2. The predicted octanol–water partition coefficient (Wildman–Crippen LogP) is 3.79. The van der Waals surface area contributed by atoms with Crippen molar-refractivity contribution in [2.24, 2.45) is 5.92 Å². The van der Waals surface area contributed by atoms with Crippen molar-refractivity contribution in [2.45, 2.75) is 38.2 Å². The molecule has 0 heterocycles. The zero-order valence-electron chi connectivity index (χ0n) is 9.23. The second-order valence-corrected chi connectivity index (χ2v) is 4.32. The summed E-state index contributed by atoms with van der Waals surface area (Å²) in [4.78, 5) is 11.0. The monoisotopic (exact) mass is 270 g/mol. The van der Waals surface area contributed by atoms with E-state index in [1.165, 1.54) is 0 Å². The Morgan fingerprint density at radius 1 is 1.24 bits per heavy atom. The van der Waals surface area contributed by atoms with Crippen LogP contribution in [0.3, 0.4) is 0 Å². The minimum atomic E-state index is -2.43. The Balaban J connectivity index is 2.77. The number of carbonyl (C=O) groups is 1. The van der Waals surface area contributed by atoms with Crippen LogP contribution >= 0.6 is 11.6 Å². The summed E-state index contributed by atoms with van der Waals surface area (Å²) in [5, 5.41) is 0. The van der Waals surface area contributed by atoms with Crippen molar-refractivity contribution in [3.8, 4) is 0 Å². The van der Waals surface area contributed by atoms with Crippen LogP contribution in [-0.4, -0.2) is 18.0 Å². The van der Waals surface area contributed by atoms with Crippen LogP contribution in [0.4, 0.5) is 13.2 Å². The summed E-state index contributed by atoms with van der Waals surface area (Å²) in [6.45, 7) is 0. The van der Waals surface area contributed by atoms with Crippen LogP contribution < -0.4 is 0 Å². The summed E-state index contributed by atoms with van der Waals surface area (Å²) in [6.07, 6.45) is -0.0750. The van der Waals surface area contributed by atoms with Crippen LogP contribution in [0.5, 0.6) is 0 Å². The molecule has 98 valence electrons. The van der Waals surface area contributed by atoms with E-state index in [1.807, 2.05) is 0 Å². The molecule has 1 fully saturated rings. The van der Waals surface area contributed by atoms with E-state index >= 15 is 0 Å². The summed E-state index contributed by atoms with van der Waals surface area (Å²) in [7, 11) is 0. The Kier molecular flexibility index (Phi) is 5.82. The van der Waals surface area contributed by atoms with Gasteiger partial charge in [-0.3, -0.25) is 4.79 Å². The van der Waals surface area contributed by atoms with Crippen LogP contribution in [-0.2, 0) is 9.53 Å². The molecule has 1 rings (SSSR count). The van der Waals surface area contributed by atoms with E-state index in [2.05, 4.69) is 4.74 Å². The second kappa shape index (κ2) is 6.89. The lowest BCUT2D eigenvalue weighted by molar-refractivity contribution is -0.148. The fourth-order valence-electron chi connectivity index (χ4n) is 2.07. The number of ether oxygens (including phenoxy) is 1. The van der Waals surface area contributed by atoms with E-state index < -0.39 is 29.9 Å². The molecule has 0 N–H and O–H groups in total. The normalized spacial score (nSPS) is 18.6. The average molecular weight is 271 g/mol. The van der Waals surface area contributed by atoms with Gasteiger partial charge in [0.15, 0.2) is 6.10 Å². The topological polar surface area (TPSA) is 26.3 Å². The van der Waals surface area contributed by atoms with Crippen molar-refractivity contribution in [1.29, 1.82) is 0 Å².